The molecule has 0 bridgehead atoms. The summed E-state index contributed by atoms with van der Waals surface area (Å²) in [7, 11) is 0. The molecule has 5 nitrogen and oxygen atoms in total. The van der Waals surface area contributed by atoms with Crippen molar-refractivity contribution in [3.63, 3.8) is 0 Å². The Morgan fingerprint density at radius 2 is 1.83 bits per heavy atom. The van der Waals surface area contributed by atoms with E-state index in [2.05, 4.69) is 5.32 Å². The topological polar surface area (TPSA) is 66.5 Å². The molecule has 0 saturated carbocycles. The lowest BCUT2D eigenvalue weighted by Crippen LogP contribution is -2.34. The van der Waals surface area contributed by atoms with Crippen molar-refractivity contribution in [2.24, 2.45) is 11.8 Å². The molecule has 0 spiro atoms. The van der Waals surface area contributed by atoms with Crippen molar-refractivity contribution in [3.05, 3.63) is 41.4 Å². The van der Waals surface area contributed by atoms with Crippen LogP contribution in [0, 0.1) is 11.8 Å². The first kappa shape index (κ1) is 15.7. The van der Waals surface area contributed by atoms with Gasteiger partial charge in [0.2, 0.25) is 17.7 Å². The zero-order chi connectivity index (χ0) is 16.4. The predicted molar refractivity (Wildman–Crippen MR) is 86.8 cm³/mol. The van der Waals surface area contributed by atoms with E-state index in [9.17, 15) is 14.4 Å². The number of fused-ring (bicyclic) bond motifs is 1. The van der Waals surface area contributed by atoms with Gasteiger partial charge in [-0.05, 0) is 31.0 Å². The van der Waals surface area contributed by atoms with Gasteiger partial charge in [0.05, 0.1) is 11.8 Å². The molecule has 0 aromatic heterocycles. The highest BCUT2D eigenvalue weighted by Crippen LogP contribution is 2.35. The van der Waals surface area contributed by atoms with Crippen LogP contribution in [0.2, 0.25) is 5.02 Å². The second-order valence-corrected chi connectivity index (χ2v) is 6.23. The normalized spacial score (nSPS) is 23.1. The van der Waals surface area contributed by atoms with Gasteiger partial charge in [-0.3, -0.25) is 19.3 Å². The lowest BCUT2D eigenvalue weighted by molar-refractivity contribution is -0.140. The van der Waals surface area contributed by atoms with Crippen molar-refractivity contribution in [1.29, 1.82) is 0 Å². The fourth-order valence-electron chi connectivity index (χ4n) is 3.09. The number of allylic oxidation sites excluding steroid dienone is 2. The number of halogens is 1. The van der Waals surface area contributed by atoms with E-state index in [0.29, 0.717) is 23.6 Å². The standard InChI is InChI=1S/C17H17ClN2O3/c18-11-4-3-5-12(10-11)19-15(21)8-9-20-16(22)13-6-1-2-7-14(13)17(20)23/h1-5,10,13-14H,6-9H2,(H,19,21)/t13-,14+. The van der Waals surface area contributed by atoms with Crippen molar-refractivity contribution in [1.82, 2.24) is 4.90 Å². The monoisotopic (exact) mass is 332 g/mol. The third-order valence-corrected chi connectivity index (χ3v) is 4.50. The Morgan fingerprint density at radius 3 is 2.43 bits per heavy atom. The molecule has 1 aliphatic heterocycles. The van der Waals surface area contributed by atoms with Crippen molar-refractivity contribution in [3.8, 4) is 0 Å². The number of carbonyl (C=O) groups excluding carboxylic acids is 3. The van der Waals surface area contributed by atoms with Crippen LogP contribution in [0.4, 0.5) is 5.69 Å². The molecular weight excluding hydrogens is 316 g/mol. The van der Waals surface area contributed by atoms with Crippen LogP contribution >= 0.6 is 11.6 Å². The van der Waals surface area contributed by atoms with Crippen molar-refractivity contribution >= 4 is 35.0 Å². The molecule has 1 aliphatic carbocycles. The summed E-state index contributed by atoms with van der Waals surface area (Å²) in [6.07, 6.45) is 5.20. The van der Waals surface area contributed by atoms with E-state index in [0.717, 1.165) is 0 Å². The average molecular weight is 333 g/mol. The van der Waals surface area contributed by atoms with Crippen LogP contribution in [-0.4, -0.2) is 29.2 Å². The number of carbonyl (C=O) groups is 3. The molecule has 0 unspecified atom stereocenters. The van der Waals surface area contributed by atoms with E-state index in [1.54, 1.807) is 24.3 Å². The summed E-state index contributed by atoms with van der Waals surface area (Å²) in [6, 6.07) is 6.83. The molecule has 2 atom stereocenters. The molecule has 1 heterocycles. The van der Waals surface area contributed by atoms with E-state index in [1.165, 1.54) is 4.90 Å². The first-order chi connectivity index (χ1) is 11.1. The van der Waals surface area contributed by atoms with Crippen LogP contribution in [0.15, 0.2) is 36.4 Å². The molecule has 0 radical (unpaired) electrons. The Hall–Kier alpha value is -2.14. The Bertz CT molecular complexity index is 660. The summed E-state index contributed by atoms with van der Waals surface area (Å²) in [6.45, 7) is 0.122. The molecule has 2 aliphatic rings. The van der Waals surface area contributed by atoms with Gasteiger partial charge in [0, 0.05) is 23.7 Å². The molecule has 1 fully saturated rings. The van der Waals surface area contributed by atoms with Crippen LogP contribution in [-0.2, 0) is 14.4 Å². The van der Waals surface area contributed by atoms with Gasteiger partial charge in [-0.25, -0.2) is 0 Å². The molecule has 23 heavy (non-hydrogen) atoms. The number of nitrogens with zero attached hydrogens (tertiary/aromatic N) is 1. The lowest BCUT2D eigenvalue weighted by atomic mass is 9.85. The number of benzene rings is 1. The summed E-state index contributed by atoms with van der Waals surface area (Å²) >= 11 is 5.86. The average Bonchev–Trinajstić information content (AvgIpc) is 2.77. The van der Waals surface area contributed by atoms with Gasteiger partial charge in [-0.2, -0.15) is 0 Å². The van der Waals surface area contributed by atoms with E-state index < -0.39 is 0 Å². The first-order valence-electron chi connectivity index (χ1n) is 7.62. The molecule has 1 aromatic rings. The third-order valence-electron chi connectivity index (χ3n) is 4.27. The van der Waals surface area contributed by atoms with Gasteiger partial charge in [0.1, 0.15) is 0 Å². The molecule has 3 amide bonds. The first-order valence-corrected chi connectivity index (χ1v) is 7.99. The Labute approximate surface area is 139 Å². The van der Waals surface area contributed by atoms with Gasteiger partial charge in [0.25, 0.3) is 0 Å². The fourth-order valence-corrected chi connectivity index (χ4v) is 3.28. The quantitative estimate of drug-likeness (QED) is 0.681. The summed E-state index contributed by atoms with van der Waals surface area (Å²) in [5.74, 6) is -1.05. The van der Waals surface area contributed by atoms with Crippen LogP contribution in [0.3, 0.4) is 0 Å². The number of hydrogen-bond acceptors (Lipinski definition) is 3. The molecule has 1 N–H and O–H groups in total. The van der Waals surface area contributed by atoms with Crippen molar-refractivity contribution < 1.29 is 14.4 Å². The SMILES string of the molecule is O=C(CCN1C(=O)[C@H]2CC=CC[C@H]2C1=O)Nc1cccc(Cl)c1. The van der Waals surface area contributed by atoms with E-state index in [4.69, 9.17) is 11.6 Å². The van der Waals surface area contributed by atoms with Crippen LogP contribution < -0.4 is 5.32 Å². The molecule has 3 rings (SSSR count). The maximum Gasteiger partial charge on any atom is 0.233 e. The van der Waals surface area contributed by atoms with Gasteiger partial charge < -0.3 is 5.32 Å². The van der Waals surface area contributed by atoms with Crippen molar-refractivity contribution in [2.75, 3.05) is 11.9 Å². The van der Waals surface area contributed by atoms with Gasteiger partial charge in [-0.1, -0.05) is 29.8 Å². The summed E-state index contributed by atoms with van der Waals surface area (Å²) in [5.41, 5.74) is 0.597. The zero-order valence-corrected chi connectivity index (χ0v) is 13.3. The highest BCUT2D eigenvalue weighted by atomic mass is 35.5. The third kappa shape index (κ3) is 3.29. The Kier molecular flexibility index (Phi) is 4.48. The predicted octanol–water partition coefficient (Wildman–Crippen LogP) is 2.62. The molecular formula is C17H17ClN2O3. The molecule has 1 saturated heterocycles. The number of nitrogens with one attached hydrogen (secondary N) is 1. The maximum atomic E-state index is 12.3. The number of rotatable bonds is 4. The van der Waals surface area contributed by atoms with E-state index in [-0.39, 0.29) is 42.5 Å². The van der Waals surface area contributed by atoms with E-state index >= 15 is 0 Å². The molecule has 1 aromatic carbocycles. The van der Waals surface area contributed by atoms with Crippen LogP contribution in [0.25, 0.3) is 0 Å². The summed E-state index contributed by atoms with van der Waals surface area (Å²) in [4.78, 5) is 37.8. The number of anilines is 1. The highest BCUT2D eigenvalue weighted by Gasteiger charge is 2.46. The highest BCUT2D eigenvalue weighted by molar-refractivity contribution is 6.30. The summed E-state index contributed by atoms with van der Waals surface area (Å²) in [5, 5.41) is 3.25. The Balaban J connectivity index is 1.57. The van der Waals surface area contributed by atoms with Gasteiger partial charge in [-0.15, -0.1) is 0 Å². The number of imide groups is 1. The number of amides is 3. The number of likely N-dealkylation sites (tertiary alicyclic amines) is 1. The van der Waals surface area contributed by atoms with Crippen molar-refractivity contribution in [2.45, 2.75) is 19.3 Å². The van der Waals surface area contributed by atoms with Crippen LogP contribution in [0.1, 0.15) is 19.3 Å². The molecule has 120 valence electrons. The minimum atomic E-state index is -0.249. The largest absolute Gasteiger partial charge is 0.326 e. The fraction of sp³-hybridized carbons (Fsp3) is 0.353. The summed E-state index contributed by atoms with van der Waals surface area (Å²) < 4.78 is 0. The van der Waals surface area contributed by atoms with Gasteiger partial charge >= 0.3 is 0 Å². The second kappa shape index (κ2) is 6.54. The smallest absolute Gasteiger partial charge is 0.233 e. The number of hydrogen-bond donors (Lipinski definition) is 1. The van der Waals surface area contributed by atoms with E-state index in [1.807, 2.05) is 12.2 Å². The zero-order valence-electron chi connectivity index (χ0n) is 12.5. The minimum Gasteiger partial charge on any atom is -0.326 e. The Morgan fingerprint density at radius 1 is 1.17 bits per heavy atom. The molecule has 6 heteroatoms. The second-order valence-electron chi connectivity index (χ2n) is 5.79. The van der Waals surface area contributed by atoms with Gasteiger partial charge in [0.15, 0.2) is 0 Å². The lowest BCUT2D eigenvalue weighted by Gasteiger charge is -2.14. The minimum absolute atomic E-state index is 0.0802. The van der Waals surface area contributed by atoms with Crippen LogP contribution in [0.5, 0.6) is 0 Å². The maximum absolute atomic E-state index is 12.3.